The van der Waals surface area contributed by atoms with Gasteiger partial charge in [0.15, 0.2) is 0 Å². The SMILES string of the molecule is CNC(c1ccc(I)c(Cl)c1)c1c(Br)cnn1C. The van der Waals surface area contributed by atoms with E-state index in [0.717, 1.165) is 24.3 Å². The van der Waals surface area contributed by atoms with E-state index >= 15 is 0 Å². The van der Waals surface area contributed by atoms with Crippen LogP contribution in [0.1, 0.15) is 17.3 Å². The summed E-state index contributed by atoms with van der Waals surface area (Å²) in [6.45, 7) is 0. The Balaban J connectivity index is 2.48. The minimum atomic E-state index is 0.0568. The number of benzene rings is 1. The van der Waals surface area contributed by atoms with E-state index in [1.165, 1.54) is 0 Å². The summed E-state index contributed by atoms with van der Waals surface area (Å²) in [4.78, 5) is 0. The Bertz CT molecular complexity index is 551. The summed E-state index contributed by atoms with van der Waals surface area (Å²) < 4.78 is 3.90. The second-order valence-corrected chi connectivity index (χ2v) is 6.32. The number of hydrogen-bond acceptors (Lipinski definition) is 2. The molecule has 1 aromatic heterocycles. The number of hydrogen-bond donors (Lipinski definition) is 1. The molecule has 0 spiro atoms. The monoisotopic (exact) mass is 439 g/mol. The van der Waals surface area contributed by atoms with Gasteiger partial charge >= 0.3 is 0 Å². The minimum Gasteiger partial charge on any atom is -0.308 e. The Morgan fingerprint density at radius 3 is 2.72 bits per heavy atom. The second kappa shape index (κ2) is 5.90. The van der Waals surface area contributed by atoms with Gasteiger partial charge in [0.25, 0.3) is 0 Å². The number of rotatable bonds is 3. The van der Waals surface area contributed by atoms with Gasteiger partial charge in [-0.1, -0.05) is 17.7 Å². The van der Waals surface area contributed by atoms with Crippen LogP contribution in [0.25, 0.3) is 0 Å². The first kappa shape index (κ1) is 14.3. The zero-order chi connectivity index (χ0) is 13.3. The average molecular weight is 441 g/mol. The molecule has 96 valence electrons. The van der Waals surface area contributed by atoms with Crippen molar-refractivity contribution in [3.8, 4) is 0 Å². The van der Waals surface area contributed by atoms with Crippen LogP contribution < -0.4 is 5.32 Å². The lowest BCUT2D eigenvalue weighted by atomic mass is 10.0. The summed E-state index contributed by atoms with van der Waals surface area (Å²) >= 11 is 11.9. The van der Waals surface area contributed by atoms with Crippen molar-refractivity contribution in [1.29, 1.82) is 0 Å². The van der Waals surface area contributed by atoms with Crippen LogP contribution in [0.3, 0.4) is 0 Å². The molecule has 0 bridgehead atoms. The van der Waals surface area contributed by atoms with E-state index in [2.05, 4.69) is 55.0 Å². The van der Waals surface area contributed by atoms with Crippen LogP contribution in [-0.2, 0) is 7.05 Å². The van der Waals surface area contributed by atoms with E-state index in [-0.39, 0.29) is 6.04 Å². The third kappa shape index (κ3) is 2.74. The van der Waals surface area contributed by atoms with Gasteiger partial charge in [-0.15, -0.1) is 0 Å². The average Bonchev–Trinajstić information content (AvgIpc) is 2.66. The molecule has 1 heterocycles. The van der Waals surface area contributed by atoms with E-state index in [0.29, 0.717) is 0 Å². The highest BCUT2D eigenvalue weighted by atomic mass is 127. The third-order valence-electron chi connectivity index (χ3n) is 2.78. The Morgan fingerprint density at radius 1 is 1.50 bits per heavy atom. The van der Waals surface area contributed by atoms with Crippen LogP contribution in [0.15, 0.2) is 28.9 Å². The molecule has 18 heavy (non-hydrogen) atoms. The predicted octanol–water partition coefficient (Wildman–Crippen LogP) is 3.75. The van der Waals surface area contributed by atoms with Crippen molar-refractivity contribution in [2.75, 3.05) is 7.05 Å². The molecule has 0 fully saturated rings. The lowest BCUT2D eigenvalue weighted by Gasteiger charge is -2.18. The van der Waals surface area contributed by atoms with Gasteiger partial charge in [-0.3, -0.25) is 4.68 Å². The first-order valence-corrected chi connectivity index (χ1v) is 7.59. The lowest BCUT2D eigenvalue weighted by molar-refractivity contribution is 0.604. The van der Waals surface area contributed by atoms with Gasteiger partial charge < -0.3 is 5.32 Å². The van der Waals surface area contributed by atoms with Gasteiger partial charge in [-0.25, -0.2) is 0 Å². The predicted molar refractivity (Wildman–Crippen MR) is 86.0 cm³/mol. The number of halogens is 3. The molecular formula is C12H12BrClIN3. The standard InChI is InChI=1S/C12H12BrClIN3/c1-16-11(12-8(13)6-17-18(12)2)7-3-4-10(15)9(14)5-7/h3-6,11,16H,1-2H3. The van der Waals surface area contributed by atoms with Gasteiger partial charge in [0.2, 0.25) is 0 Å². The molecular weight excluding hydrogens is 428 g/mol. The highest BCUT2D eigenvalue weighted by Gasteiger charge is 2.19. The third-order valence-corrected chi connectivity index (χ3v) is 4.96. The molecule has 2 aromatic rings. The van der Waals surface area contributed by atoms with Crippen molar-refractivity contribution >= 4 is 50.1 Å². The number of nitrogens with one attached hydrogen (secondary N) is 1. The fourth-order valence-electron chi connectivity index (χ4n) is 1.90. The van der Waals surface area contributed by atoms with Crippen LogP contribution >= 0.6 is 50.1 Å². The molecule has 3 nitrogen and oxygen atoms in total. The van der Waals surface area contributed by atoms with E-state index in [4.69, 9.17) is 11.6 Å². The van der Waals surface area contributed by atoms with E-state index in [1.54, 1.807) is 6.20 Å². The van der Waals surface area contributed by atoms with Gasteiger partial charge in [-0.2, -0.15) is 5.10 Å². The van der Waals surface area contributed by atoms with Crippen molar-refractivity contribution < 1.29 is 0 Å². The molecule has 0 aliphatic heterocycles. The highest BCUT2D eigenvalue weighted by molar-refractivity contribution is 14.1. The Morgan fingerprint density at radius 2 is 2.22 bits per heavy atom. The van der Waals surface area contributed by atoms with Crippen molar-refractivity contribution in [2.24, 2.45) is 7.05 Å². The molecule has 2 rings (SSSR count). The molecule has 0 aliphatic carbocycles. The van der Waals surface area contributed by atoms with Crippen LogP contribution in [-0.4, -0.2) is 16.8 Å². The zero-order valence-corrected chi connectivity index (χ0v) is 14.4. The van der Waals surface area contributed by atoms with Crippen molar-refractivity contribution in [1.82, 2.24) is 15.1 Å². The molecule has 6 heteroatoms. The minimum absolute atomic E-state index is 0.0568. The molecule has 0 radical (unpaired) electrons. The van der Waals surface area contributed by atoms with Crippen LogP contribution in [0.4, 0.5) is 0 Å². The molecule has 0 saturated carbocycles. The van der Waals surface area contributed by atoms with Crippen molar-refractivity contribution in [3.05, 3.63) is 48.7 Å². The van der Waals surface area contributed by atoms with E-state index < -0.39 is 0 Å². The maximum Gasteiger partial charge on any atom is 0.0757 e. The molecule has 1 atom stereocenters. The maximum absolute atomic E-state index is 6.19. The molecule has 1 unspecified atom stereocenters. The Hall–Kier alpha value is -0.110. The lowest BCUT2D eigenvalue weighted by Crippen LogP contribution is -2.21. The fraction of sp³-hybridized carbons (Fsp3) is 0.250. The summed E-state index contributed by atoms with van der Waals surface area (Å²) in [5.41, 5.74) is 2.20. The fourth-order valence-corrected chi connectivity index (χ4v) is 3.00. The summed E-state index contributed by atoms with van der Waals surface area (Å²) in [7, 11) is 3.86. The van der Waals surface area contributed by atoms with Crippen molar-refractivity contribution in [3.63, 3.8) is 0 Å². The quantitative estimate of drug-likeness (QED) is 0.737. The van der Waals surface area contributed by atoms with E-state index in [1.807, 2.05) is 30.9 Å². The molecule has 0 saturated heterocycles. The van der Waals surface area contributed by atoms with Gasteiger partial charge in [0.1, 0.15) is 0 Å². The first-order valence-electron chi connectivity index (χ1n) is 5.34. The second-order valence-electron chi connectivity index (χ2n) is 3.90. The largest absolute Gasteiger partial charge is 0.308 e. The van der Waals surface area contributed by atoms with Crippen molar-refractivity contribution in [2.45, 2.75) is 6.04 Å². The zero-order valence-electron chi connectivity index (χ0n) is 9.92. The summed E-state index contributed by atoms with van der Waals surface area (Å²) in [5, 5.41) is 8.31. The van der Waals surface area contributed by atoms with Gasteiger partial charge in [-0.05, 0) is 63.3 Å². The number of nitrogens with zero attached hydrogens (tertiary/aromatic N) is 2. The van der Waals surface area contributed by atoms with Crippen LogP contribution in [0.2, 0.25) is 5.02 Å². The summed E-state index contributed by atoms with van der Waals surface area (Å²) in [6, 6.07) is 6.15. The maximum atomic E-state index is 6.19. The topological polar surface area (TPSA) is 29.9 Å². The van der Waals surface area contributed by atoms with Gasteiger partial charge in [0.05, 0.1) is 27.4 Å². The Kier molecular flexibility index (Phi) is 4.69. The highest BCUT2D eigenvalue weighted by Crippen LogP contribution is 2.30. The van der Waals surface area contributed by atoms with Crippen LogP contribution in [0, 0.1) is 3.57 Å². The number of aryl methyl sites for hydroxylation is 1. The number of aromatic nitrogens is 2. The molecule has 1 N–H and O–H groups in total. The molecule has 1 aromatic carbocycles. The van der Waals surface area contributed by atoms with Gasteiger partial charge in [0, 0.05) is 10.6 Å². The smallest absolute Gasteiger partial charge is 0.0757 e. The first-order chi connectivity index (χ1) is 8.54. The molecule has 0 amide bonds. The van der Waals surface area contributed by atoms with Crippen LogP contribution in [0.5, 0.6) is 0 Å². The molecule has 0 aliphatic rings. The van der Waals surface area contributed by atoms with E-state index in [9.17, 15) is 0 Å². The Labute approximate surface area is 133 Å². The summed E-state index contributed by atoms with van der Waals surface area (Å²) in [6.07, 6.45) is 1.80. The normalized spacial score (nSPS) is 12.7. The summed E-state index contributed by atoms with van der Waals surface area (Å²) in [5.74, 6) is 0.